The highest BCUT2D eigenvalue weighted by Crippen LogP contribution is 2.33. The third-order valence-corrected chi connectivity index (χ3v) is 7.13. The van der Waals surface area contributed by atoms with Crippen LogP contribution in [0, 0.1) is 0 Å². The fourth-order valence-electron chi connectivity index (χ4n) is 5.04. The van der Waals surface area contributed by atoms with Crippen LogP contribution < -0.4 is 5.56 Å². The number of aryl methyl sites for hydroxylation is 2. The zero-order chi connectivity index (χ0) is 26.7. The van der Waals surface area contributed by atoms with Gasteiger partial charge >= 0.3 is 0 Å². The molecule has 0 fully saturated rings. The average Bonchev–Trinajstić information content (AvgIpc) is 3.63. The van der Waals surface area contributed by atoms with Gasteiger partial charge in [0, 0.05) is 30.8 Å². The maximum absolute atomic E-state index is 12.6. The number of tetrazole rings is 1. The maximum Gasteiger partial charge on any atom is 0.266 e. The van der Waals surface area contributed by atoms with Crippen molar-refractivity contribution in [3.05, 3.63) is 83.0 Å². The Morgan fingerprint density at radius 3 is 2.18 bits per heavy atom. The lowest BCUT2D eigenvalue weighted by Crippen LogP contribution is -2.22. The van der Waals surface area contributed by atoms with Gasteiger partial charge in [-0.3, -0.25) is 4.79 Å². The number of aromatic amines is 1. The number of benzene rings is 1. The lowest BCUT2D eigenvalue weighted by atomic mass is 10.0. The average molecular weight is 525 g/mol. The summed E-state index contributed by atoms with van der Waals surface area (Å²) >= 11 is 0. The summed E-state index contributed by atoms with van der Waals surface area (Å²) in [5.41, 5.74) is 4.53. The Kier molecular flexibility index (Phi) is 9.23. The quantitative estimate of drug-likeness (QED) is 0.171. The molecule has 9 heteroatoms. The van der Waals surface area contributed by atoms with Gasteiger partial charge in [0.2, 0.25) is 0 Å². The zero-order valence-corrected chi connectivity index (χ0v) is 22.4. The Balaban J connectivity index is 1.09. The van der Waals surface area contributed by atoms with Crippen molar-refractivity contribution in [3.8, 4) is 22.5 Å². The Hall–Kier alpha value is -4.14. The number of unbranched alkanes of at least 4 members (excludes halogenated alkanes) is 9. The number of rotatable bonds is 15. The maximum atomic E-state index is 12.6. The zero-order valence-electron chi connectivity index (χ0n) is 22.4. The Morgan fingerprint density at radius 1 is 0.718 bits per heavy atom. The topological polar surface area (TPSA) is 107 Å². The molecule has 9 nitrogen and oxygen atoms in total. The molecule has 5 rings (SSSR count). The van der Waals surface area contributed by atoms with E-state index in [1.54, 1.807) is 10.7 Å². The number of hydrogen-bond donors (Lipinski definition) is 1. The second-order valence-electron chi connectivity index (χ2n) is 10.0. The van der Waals surface area contributed by atoms with E-state index in [0.717, 1.165) is 59.5 Å². The number of hydrogen-bond acceptors (Lipinski definition) is 6. The molecule has 39 heavy (non-hydrogen) atoms. The van der Waals surface area contributed by atoms with E-state index in [-0.39, 0.29) is 5.56 Å². The van der Waals surface area contributed by atoms with Crippen molar-refractivity contribution in [3.63, 3.8) is 0 Å². The molecule has 202 valence electrons. The van der Waals surface area contributed by atoms with Crippen LogP contribution in [0.2, 0.25) is 0 Å². The second kappa shape index (κ2) is 13.6. The number of nitrogens with one attached hydrogen (secondary N) is 1. The minimum Gasteiger partial charge on any atom is -0.268 e. The van der Waals surface area contributed by atoms with Crippen LogP contribution >= 0.6 is 0 Å². The monoisotopic (exact) mass is 524 g/mol. The van der Waals surface area contributed by atoms with Crippen LogP contribution in [-0.4, -0.2) is 40.0 Å². The molecule has 1 N–H and O–H groups in total. The first-order valence-corrected chi connectivity index (χ1v) is 14.1. The summed E-state index contributed by atoms with van der Waals surface area (Å²) in [6.07, 6.45) is 14.9. The van der Waals surface area contributed by atoms with Crippen molar-refractivity contribution in [2.24, 2.45) is 0 Å². The lowest BCUT2D eigenvalue weighted by Gasteiger charge is -2.08. The van der Waals surface area contributed by atoms with Crippen LogP contribution in [0.15, 0.2) is 71.7 Å². The minimum absolute atomic E-state index is 0.0592. The van der Waals surface area contributed by atoms with Gasteiger partial charge in [0.05, 0.1) is 16.8 Å². The van der Waals surface area contributed by atoms with E-state index in [1.165, 1.54) is 44.9 Å². The van der Waals surface area contributed by atoms with Crippen LogP contribution in [-0.2, 0) is 13.0 Å². The van der Waals surface area contributed by atoms with Crippen LogP contribution in [0.1, 0.15) is 70.0 Å². The third-order valence-electron chi connectivity index (χ3n) is 7.13. The van der Waals surface area contributed by atoms with Gasteiger partial charge in [0.1, 0.15) is 11.5 Å². The summed E-state index contributed by atoms with van der Waals surface area (Å²) in [5, 5.41) is 23.6. The minimum atomic E-state index is -0.0592. The molecule has 0 amide bonds. The third kappa shape index (κ3) is 7.04. The van der Waals surface area contributed by atoms with Crippen molar-refractivity contribution in [1.29, 1.82) is 0 Å². The van der Waals surface area contributed by atoms with E-state index in [9.17, 15) is 4.79 Å². The van der Waals surface area contributed by atoms with Gasteiger partial charge in [0.15, 0.2) is 0 Å². The van der Waals surface area contributed by atoms with E-state index in [0.29, 0.717) is 6.54 Å². The van der Waals surface area contributed by atoms with Crippen LogP contribution in [0.25, 0.3) is 28.0 Å². The molecule has 4 heterocycles. The molecule has 0 saturated carbocycles. The summed E-state index contributed by atoms with van der Waals surface area (Å²) in [6.45, 7) is 0.632. The van der Waals surface area contributed by atoms with E-state index < -0.39 is 0 Å². The molecule has 0 saturated heterocycles. The van der Waals surface area contributed by atoms with Crippen LogP contribution in [0.4, 0.5) is 0 Å². The number of aromatic nitrogens is 8. The highest BCUT2D eigenvalue weighted by atomic mass is 16.1. The molecular formula is C30H36N8O. The molecular weight excluding hydrogens is 488 g/mol. The molecule has 1 aromatic carbocycles. The van der Waals surface area contributed by atoms with Crippen molar-refractivity contribution >= 4 is 5.52 Å². The lowest BCUT2D eigenvalue weighted by molar-refractivity contribution is 0.502. The van der Waals surface area contributed by atoms with Gasteiger partial charge in [0.25, 0.3) is 5.56 Å². The molecule has 0 atom stereocenters. The van der Waals surface area contributed by atoms with E-state index in [4.69, 9.17) is 10.2 Å². The van der Waals surface area contributed by atoms with E-state index in [2.05, 4.69) is 32.8 Å². The molecule has 4 aromatic heterocycles. The number of pyridine rings is 1. The van der Waals surface area contributed by atoms with E-state index in [1.807, 2.05) is 53.2 Å². The standard InChI is InChI=1S/C30H36N8O/c39-28-21-20-25(29-26-18-13-15-22-37(26)34-30(29)24-16-10-9-11-17-24)33-38(28)23-14-8-6-4-2-1-3-5-7-12-19-27-31-35-36-32-27/h9-11,13,15-18,20-22H,1-8,12,14,19,23H2,(H,31,32,35,36). The summed E-state index contributed by atoms with van der Waals surface area (Å²) in [6, 6.07) is 19.6. The Bertz CT molecular complexity index is 1490. The van der Waals surface area contributed by atoms with Gasteiger partial charge in [-0.25, -0.2) is 14.3 Å². The van der Waals surface area contributed by atoms with Crippen LogP contribution in [0.5, 0.6) is 0 Å². The van der Waals surface area contributed by atoms with E-state index >= 15 is 0 Å². The molecule has 0 unspecified atom stereocenters. The number of H-pyrrole nitrogens is 1. The first-order valence-electron chi connectivity index (χ1n) is 14.1. The SMILES string of the molecule is O=c1ccc(-c2c(-c3ccccc3)nn3ccccc23)nn1CCCCCCCCCCCCc1nnn[nH]1. The molecule has 0 spiro atoms. The highest BCUT2D eigenvalue weighted by Gasteiger charge is 2.18. The molecule has 0 aliphatic heterocycles. The number of nitrogens with zero attached hydrogens (tertiary/aromatic N) is 7. The van der Waals surface area contributed by atoms with Gasteiger partial charge in [-0.1, -0.05) is 87.8 Å². The van der Waals surface area contributed by atoms with Gasteiger partial charge in [-0.15, -0.1) is 5.10 Å². The largest absolute Gasteiger partial charge is 0.268 e. The molecule has 0 radical (unpaired) electrons. The summed E-state index contributed by atoms with van der Waals surface area (Å²) in [7, 11) is 0. The van der Waals surface area contributed by atoms with Gasteiger partial charge in [-0.05, 0) is 41.5 Å². The Labute approximate surface area is 228 Å². The number of fused-ring (bicyclic) bond motifs is 1. The van der Waals surface area contributed by atoms with Crippen LogP contribution in [0.3, 0.4) is 0 Å². The first kappa shape index (κ1) is 26.5. The van der Waals surface area contributed by atoms with Crippen molar-refractivity contribution in [2.75, 3.05) is 0 Å². The fourth-order valence-corrected chi connectivity index (χ4v) is 5.04. The molecule has 5 aromatic rings. The normalized spacial score (nSPS) is 11.4. The smallest absolute Gasteiger partial charge is 0.266 e. The predicted octanol–water partition coefficient (Wildman–Crippen LogP) is 5.88. The fraction of sp³-hybridized carbons (Fsp3) is 0.400. The second-order valence-corrected chi connectivity index (χ2v) is 10.0. The van der Waals surface area contributed by atoms with Crippen molar-refractivity contribution < 1.29 is 0 Å². The van der Waals surface area contributed by atoms with Gasteiger partial charge in [-0.2, -0.15) is 10.2 Å². The Morgan fingerprint density at radius 2 is 1.44 bits per heavy atom. The molecule has 0 bridgehead atoms. The summed E-state index contributed by atoms with van der Waals surface area (Å²) in [4.78, 5) is 12.6. The first-order chi connectivity index (χ1) is 19.3. The van der Waals surface area contributed by atoms with Gasteiger partial charge < -0.3 is 0 Å². The molecule has 0 aliphatic carbocycles. The summed E-state index contributed by atoms with van der Waals surface area (Å²) < 4.78 is 3.50. The van der Waals surface area contributed by atoms with Crippen molar-refractivity contribution in [1.82, 2.24) is 40.0 Å². The molecule has 0 aliphatic rings. The summed E-state index contributed by atoms with van der Waals surface area (Å²) in [5.74, 6) is 0.881. The predicted molar refractivity (Wildman–Crippen MR) is 152 cm³/mol. The highest BCUT2D eigenvalue weighted by molar-refractivity contribution is 5.90. The van der Waals surface area contributed by atoms with Crippen molar-refractivity contribution in [2.45, 2.75) is 77.2 Å².